The van der Waals surface area contributed by atoms with E-state index in [1.54, 1.807) is 12.1 Å². The molecule has 1 atom stereocenters. The average Bonchev–Trinajstić information content (AvgIpc) is 3.65. The van der Waals surface area contributed by atoms with Gasteiger partial charge in [0, 0.05) is 30.9 Å². The van der Waals surface area contributed by atoms with Crippen molar-refractivity contribution in [2.24, 2.45) is 5.92 Å². The van der Waals surface area contributed by atoms with Crippen LogP contribution in [0.15, 0.2) is 60.9 Å². The minimum absolute atomic E-state index is 0.0497. The second kappa shape index (κ2) is 9.83. The Morgan fingerprint density at radius 3 is 2.79 bits per heavy atom. The number of rotatable bonds is 9. The summed E-state index contributed by atoms with van der Waals surface area (Å²) in [6, 6.07) is 11.2. The Morgan fingerprint density at radius 1 is 1.24 bits per heavy atom. The van der Waals surface area contributed by atoms with Crippen molar-refractivity contribution in [2.45, 2.75) is 24.9 Å². The molecule has 0 aliphatic heterocycles. The lowest BCUT2D eigenvalue weighted by Crippen LogP contribution is -2.24. The lowest BCUT2D eigenvalue weighted by atomic mass is 10.2. The Bertz CT molecular complexity index is 1190. The van der Waals surface area contributed by atoms with Crippen LogP contribution in [0.1, 0.15) is 28.8 Å². The number of non-ortho nitro benzene ring substituents is 1. The zero-order valence-corrected chi connectivity index (χ0v) is 18.0. The number of alkyl halides is 1. The summed E-state index contributed by atoms with van der Waals surface area (Å²) in [6.07, 6.45) is 4.89. The number of nitro benzene ring substituents is 1. The average molecular weight is 472 g/mol. The van der Waals surface area contributed by atoms with E-state index in [2.05, 4.69) is 10.3 Å². The first-order chi connectivity index (χ1) is 15.9. The molecule has 0 spiro atoms. The summed E-state index contributed by atoms with van der Waals surface area (Å²) >= 11 is 6.22. The Balaban J connectivity index is 1.39. The number of benzene rings is 2. The van der Waals surface area contributed by atoms with Crippen molar-refractivity contribution in [3.05, 3.63) is 88.0 Å². The molecule has 1 N–H and O–H groups in total. The molecular formula is C23H19ClFN3O5. The molecule has 1 aliphatic carbocycles. The van der Waals surface area contributed by atoms with Crippen molar-refractivity contribution >= 4 is 23.2 Å². The second-order valence-electron chi connectivity index (χ2n) is 7.48. The summed E-state index contributed by atoms with van der Waals surface area (Å²) in [4.78, 5) is 26.9. The Morgan fingerprint density at radius 2 is 2.06 bits per heavy atom. The number of pyridine rings is 1. The number of halogens is 2. The SMILES string of the molecule is O=C(NCc1ccc(Oc2cccc([N+](=O)[O-])c2)c(F)c1)c1cnccc1OC(Cl)C1CC1. The largest absolute Gasteiger partial charge is 0.473 e. The van der Waals surface area contributed by atoms with Crippen molar-refractivity contribution in [3.8, 4) is 17.2 Å². The fraction of sp³-hybridized carbons (Fsp3) is 0.217. The van der Waals surface area contributed by atoms with Crippen LogP contribution in [0.5, 0.6) is 17.2 Å². The molecule has 10 heteroatoms. The number of hydrogen-bond donors (Lipinski definition) is 1. The Hall–Kier alpha value is -3.72. The fourth-order valence-corrected chi connectivity index (χ4v) is 3.38. The highest BCUT2D eigenvalue weighted by Gasteiger charge is 2.32. The van der Waals surface area contributed by atoms with Crippen molar-refractivity contribution < 1.29 is 23.6 Å². The number of nitrogens with zero attached hydrogens (tertiary/aromatic N) is 2. The molecule has 1 heterocycles. The van der Waals surface area contributed by atoms with Crippen LogP contribution in [0.2, 0.25) is 0 Å². The Kier molecular flexibility index (Phi) is 6.69. The van der Waals surface area contributed by atoms with E-state index < -0.39 is 22.2 Å². The number of nitro groups is 1. The second-order valence-corrected chi connectivity index (χ2v) is 7.91. The molecule has 0 saturated heterocycles. The topological polar surface area (TPSA) is 104 Å². The molecule has 1 aromatic heterocycles. The molecule has 170 valence electrons. The minimum atomic E-state index is -0.673. The van der Waals surface area contributed by atoms with E-state index in [0.717, 1.165) is 12.8 Å². The number of nitrogens with one attached hydrogen (secondary N) is 1. The van der Waals surface area contributed by atoms with E-state index in [4.69, 9.17) is 21.1 Å². The van der Waals surface area contributed by atoms with Gasteiger partial charge in [-0.1, -0.05) is 23.7 Å². The van der Waals surface area contributed by atoms with Crippen LogP contribution in [0, 0.1) is 21.8 Å². The highest BCUT2D eigenvalue weighted by Crippen LogP contribution is 2.37. The van der Waals surface area contributed by atoms with Crippen LogP contribution in [-0.2, 0) is 6.54 Å². The first-order valence-corrected chi connectivity index (χ1v) is 10.6. The predicted octanol–water partition coefficient (Wildman–Crippen LogP) is 5.20. The van der Waals surface area contributed by atoms with Crippen molar-refractivity contribution in [2.75, 3.05) is 0 Å². The first kappa shape index (κ1) is 22.5. The first-order valence-electron chi connectivity index (χ1n) is 10.1. The summed E-state index contributed by atoms with van der Waals surface area (Å²) in [5.74, 6) is -0.454. The smallest absolute Gasteiger partial charge is 0.273 e. The van der Waals surface area contributed by atoms with Gasteiger partial charge < -0.3 is 14.8 Å². The molecule has 1 aliphatic rings. The van der Waals surface area contributed by atoms with Gasteiger partial charge in [0.05, 0.1) is 16.6 Å². The van der Waals surface area contributed by atoms with Gasteiger partial charge in [0.1, 0.15) is 11.5 Å². The third kappa shape index (κ3) is 5.75. The molecule has 0 bridgehead atoms. The van der Waals surface area contributed by atoms with E-state index in [0.29, 0.717) is 11.3 Å². The van der Waals surface area contributed by atoms with E-state index in [1.807, 2.05) is 0 Å². The van der Waals surface area contributed by atoms with E-state index in [-0.39, 0.29) is 35.2 Å². The van der Waals surface area contributed by atoms with Crippen LogP contribution in [0.4, 0.5) is 10.1 Å². The summed E-state index contributed by atoms with van der Waals surface area (Å²) < 4.78 is 25.6. The summed E-state index contributed by atoms with van der Waals surface area (Å²) in [6.45, 7) is 0.0497. The fourth-order valence-electron chi connectivity index (χ4n) is 3.03. The quantitative estimate of drug-likeness (QED) is 0.261. The molecule has 33 heavy (non-hydrogen) atoms. The molecule has 2 aromatic carbocycles. The normalized spacial score (nSPS) is 13.8. The number of carbonyl (C=O) groups is 1. The minimum Gasteiger partial charge on any atom is -0.473 e. The monoisotopic (exact) mass is 471 g/mol. The van der Waals surface area contributed by atoms with Crippen LogP contribution in [0.25, 0.3) is 0 Å². The number of amides is 1. The molecule has 1 amide bonds. The van der Waals surface area contributed by atoms with E-state index >= 15 is 0 Å². The molecule has 0 radical (unpaired) electrons. The number of hydrogen-bond acceptors (Lipinski definition) is 6. The summed E-state index contributed by atoms with van der Waals surface area (Å²) in [5.41, 5.74) is 0.0527. The van der Waals surface area contributed by atoms with Crippen LogP contribution in [0.3, 0.4) is 0 Å². The molecule has 1 fully saturated rings. The molecule has 8 nitrogen and oxygen atoms in total. The van der Waals surface area contributed by atoms with E-state index in [9.17, 15) is 19.3 Å². The van der Waals surface area contributed by atoms with Gasteiger partial charge in [-0.2, -0.15) is 0 Å². The van der Waals surface area contributed by atoms with E-state index in [1.165, 1.54) is 48.8 Å². The number of ether oxygens (including phenoxy) is 2. The van der Waals surface area contributed by atoms with Gasteiger partial charge in [-0.3, -0.25) is 19.9 Å². The zero-order chi connectivity index (χ0) is 23.4. The summed E-state index contributed by atoms with van der Waals surface area (Å²) in [5, 5.41) is 13.6. The maximum absolute atomic E-state index is 14.5. The van der Waals surface area contributed by atoms with Gasteiger partial charge in [0.25, 0.3) is 11.6 Å². The zero-order valence-electron chi connectivity index (χ0n) is 17.2. The van der Waals surface area contributed by atoms with Crippen molar-refractivity contribution in [1.82, 2.24) is 10.3 Å². The Labute approximate surface area is 193 Å². The highest BCUT2D eigenvalue weighted by atomic mass is 35.5. The van der Waals surface area contributed by atoms with Crippen LogP contribution in [-0.4, -0.2) is 21.4 Å². The molecule has 1 unspecified atom stereocenters. The standard InChI is InChI=1S/C23H19ClFN3O5/c24-22(15-5-6-15)33-20-8-9-26-13-18(20)23(29)27-12-14-4-7-21(19(25)10-14)32-17-3-1-2-16(11-17)28(30)31/h1-4,7-11,13,15,22H,5-6,12H2,(H,27,29). The van der Waals surface area contributed by atoms with Gasteiger partial charge in [-0.25, -0.2) is 4.39 Å². The third-order valence-electron chi connectivity index (χ3n) is 4.96. The molecule has 3 aromatic rings. The maximum atomic E-state index is 14.5. The molecule has 1 saturated carbocycles. The van der Waals surface area contributed by atoms with Crippen molar-refractivity contribution in [1.29, 1.82) is 0 Å². The molecule has 4 rings (SSSR count). The van der Waals surface area contributed by atoms with Crippen LogP contribution < -0.4 is 14.8 Å². The lowest BCUT2D eigenvalue weighted by molar-refractivity contribution is -0.384. The maximum Gasteiger partial charge on any atom is 0.273 e. The molecular weight excluding hydrogens is 453 g/mol. The third-order valence-corrected chi connectivity index (χ3v) is 5.41. The summed E-state index contributed by atoms with van der Waals surface area (Å²) in [7, 11) is 0. The van der Waals surface area contributed by atoms with Gasteiger partial charge in [0.2, 0.25) is 0 Å². The van der Waals surface area contributed by atoms with Crippen molar-refractivity contribution in [3.63, 3.8) is 0 Å². The van der Waals surface area contributed by atoms with Gasteiger partial charge in [0.15, 0.2) is 17.1 Å². The highest BCUT2D eigenvalue weighted by molar-refractivity contribution is 6.20. The lowest BCUT2D eigenvalue weighted by Gasteiger charge is -2.15. The van der Waals surface area contributed by atoms with Gasteiger partial charge in [-0.15, -0.1) is 0 Å². The number of carbonyl (C=O) groups excluding carboxylic acids is 1. The number of aromatic nitrogens is 1. The van der Waals surface area contributed by atoms with Crippen LogP contribution >= 0.6 is 11.6 Å². The van der Waals surface area contributed by atoms with Gasteiger partial charge in [-0.05, 0) is 42.7 Å². The van der Waals surface area contributed by atoms with Gasteiger partial charge >= 0.3 is 0 Å². The predicted molar refractivity (Wildman–Crippen MR) is 118 cm³/mol.